The summed E-state index contributed by atoms with van der Waals surface area (Å²) in [6, 6.07) is 5.41. The van der Waals surface area contributed by atoms with Gasteiger partial charge in [-0.25, -0.2) is 14.6 Å². The molecule has 0 fully saturated rings. The average Bonchev–Trinajstić information content (AvgIpc) is 3.19. The first-order valence-corrected chi connectivity index (χ1v) is 7.88. The number of carbonyl (C=O) groups is 1. The Balaban J connectivity index is 1.82. The standard InChI is InChI=1S/C17H20N6O/c1-4-14(16-19-9-11(2)21-16)22-17(24)13-10-20-23(12(13)3)15-7-5-6-8-18-15/h5-10,14H,4H2,1-3H3,(H,19,21)(H,22,24)/t14-/m1/s1. The average molecular weight is 324 g/mol. The lowest BCUT2D eigenvalue weighted by Crippen LogP contribution is -2.29. The third-order valence-electron chi connectivity index (χ3n) is 3.89. The number of amides is 1. The molecule has 7 nitrogen and oxygen atoms in total. The lowest BCUT2D eigenvalue weighted by atomic mass is 10.2. The van der Waals surface area contributed by atoms with Crippen LogP contribution in [0.15, 0.2) is 36.8 Å². The first kappa shape index (κ1) is 15.9. The number of hydrogen-bond acceptors (Lipinski definition) is 4. The number of aromatic nitrogens is 5. The molecule has 0 radical (unpaired) electrons. The molecule has 3 heterocycles. The van der Waals surface area contributed by atoms with E-state index >= 15 is 0 Å². The number of nitrogens with zero attached hydrogens (tertiary/aromatic N) is 4. The molecule has 3 rings (SSSR count). The summed E-state index contributed by atoms with van der Waals surface area (Å²) in [4.78, 5) is 24.4. The summed E-state index contributed by atoms with van der Waals surface area (Å²) in [7, 11) is 0. The van der Waals surface area contributed by atoms with E-state index in [0.717, 1.165) is 23.6 Å². The topological polar surface area (TPSA) is 88.5 Å². The molecule has 3 aromatic heterocycles. The quantitative estimate of drug-likeness (QED) is 0.754. The summed E-state index contributed by atoms with van der Waals surface area (Å²) in [5, 5.41) is 7.30. The van der Waals surface area contributed by atoms with Crippen molar-refractivity contribution in [2.45, 2.75) is 33.2 Å². The van der Waals surface area contributed by atoms with Crippen molar-refractivity contribution in [3.8, 4) is 5.82 Å². The van der Waals surface area contributed by atoms with Gasteiger partial charge in [0, 0.05) is 18.1 Å². The van der Waals surface area contributed by atoms with Gasteiger partial charge in [-0.2, -0.15) is 5.10 Å². The molecule has 1 atom stereocenters. The molecule has 0 saturated heterocycles. The minimum Gasteiger partial charge on any atom is -0.344 e. The van der Waals surface area contributed by atoms with Gasteiger partial charge in [0.05, 0.1) is 23.5 Å². The molecule has 0 saturated carbocycles. The summed E-state index contributed by atoms with van der Waals surface area (Å²) >= 11 is 0. The summed E-state index contributed by atoms with van der Waals surface area (Å²) < 4.78 is 1.66. The maximum absolute atomic E-state index is 12.6. The van der Waals surface area contributed by atoms with Crippen LogP contribution in [0.4, 0.5) is 0 Å². The maximum atomic E-state index is 12.6. The van der Waals surface area contributed by atoms with Crippen LogP contribution >= 0.6 is 0 Å². The Morgan fingerprint density at radius 2 is 2.12 bits per heavy atom. The van der Waals surface area contributed by atoms with Gasteiger partial charge in [0.1, 0.15) is 5.82 Å². The Labute approximate surface area is 140 Å². The van der Waals surface area contributed by atoms with E-state index in [0.29, 0.717) is 11.4 Å². The highest BCUT2D eigenvalue weighted by Gasteiger charge is 2.20. The first-order chi connectivity index (χ1) is 11.6. The monoisotopic (exact) mass is 324 g/mol. The van der Waals surface area contributed by atoms with Crippen molar-refractivity contribution in [2.75, 3.05) is 0 Å². The SMILES string of the molecule is CC[C@@H](NC(=O)c1cnn(-c2ccccn2)c1C)c1ncc(C)[nH]1. The lowest BCUT2D eigenvalue weighted by molar-refractivity contribution is 0.0933. The van der Waals surface area contributed by atoms with Crippen LogP contribution in [0.1, 0.15) is 47.0 Å². The van der Waals surface area contributed by atoms with Crippen molar-refractivity contribution in [1.82, 2.24) is 30.0 Å². The molecule has 0 aromatic carbocycles. The number of nitrogens with one attached hydrogen (secondary N) is 2. The summed E-state index contributed by atoms with van der Waals surface area (Å²) in [6.45, 7) is 5.80. The van der Waals surface area contributed by atoms with E-state index in [-0.39, 0.29) is 11.9 Å². The van der Waals surface area contributed by atoms with E-state index in [1.807, 2.05) is 39.0 Å². The Morgan fingerprint density at radius 3 is 2.75 bits per heavy atom. The Bertz CT molecular complexity index is 836. The Hall–Kier alpha value is -2.96. The summed E-state index contributed by atoms with van der Waals surface area (Å²) in [5.74, 6) is 1.27. The van der Waals surface area contributed by atoms with Gasteiger partial charge < -0.3 is 10.3 Å². The second-order valence-electron chi connectivity index (χ2n) is 5.63. The van der Waals surface area contributed by atoms with Gasteiger partial charge in [0.15, 0.2) is 5.82 Å². The van der Waals surface area contributed by atoms with Crippen LogP contribution in [0.5, 0.6) is 0 Å². The van der Waals surface area contributed by atoms with Crippen LogP contribution in [0.3, 0.4) is 0 Å². The molecular formula is C17H20N6O. The van der Waals surface area contributed by atoms with E-state index in [2.05, 4.69) is 25.4 Å². The lowest BCUT2D eigenvalue weighted by Gasteiger charge is -2.14. The number of hydrogen-bond donors (Lipinski definition) is 2. The summed E-state index contributed by atoms with van der Waals surface area (Å²) in [5.41, 5.74) is 2.25. The third kappa shape index (κ3) is 3.05. The second kappa shape index (κ2) is 6.66. The number of carbonyl (C=O) groups excluding carboxylic acids is 1. The molecule has 0 bridgehead atoms. The molecule has 124 valence electrons. The van der Waals surface area contributed by atoms with Crippen molar-refractivity contribution >= 4 is 5.91 Å². The van der Waals surface area contributed by atoms with Crippen LogP contribution in [0, 0.1) is 13.8 Å². The van der Waals surface area contributed by atoms with E-state index in [1.165, 1.54) is 0 Å². The minimum atomic E-state index is -0.171. The smallest absolute Gasteiger partial charge is 0.255 e. The van der Waals surface area contributed by atoms with E-state index < -0.39 is 0 Å². The zero-order valence-electron chi connectivity index (χ0n) is 13.9. The van der Waals surface area contributed by atoms with E-state index in [9.17, 15) is 4.79 Å². The predicted molar refractivity (Wildman–Crippen MR) is 89.9 cm³/mol. The van der Waals surface area contributed by atoms with Gasteiger partial charge in [0.2, 0.25) is 0 Å². The first-order valence-electron chi connectivity index (χ1n) is 7.88. The fraction of sp³-hybridized carbons (Fsp3) is 0.294. The minimum absolute atomic E-state index is 0.163. The molecule has 0 aliphatic heterocycles. The van der Waals surface area contributed by atoms with Gasteiger partial charge >= 0.3 is 0 Å². The van der Waals surface area contributed by atoms with Crippen LogP contribution in [0.2, 0.25) is 0 Å². The van der Waals surface area contributed by atoms with Crippen molar-refractivity contribution in [3.63, 3.8) is 0 Å². The molecule has 0 aliphatic rings. The Morgan fingerprint density at radius 1 is 1.29 bits per heavy atom. The molecule has 0 aliphatic carbocycles. The molecular weight excluding hydrogens is 304 g/mol. The zero-order valence-corrected chi connectivity index (χ0v) is 13.9. The van der Waals surface area contributed by atoms with Gasteiger partial charge in [-0.3, -0.25) is 4.79 Å². The van der Waals surface area contributed by atoms with Gasteiger partial charge in [-0.05, 0) is 32.4 Å². The van der Waals surface area contributed by atoms with Gasteiger partial charge in [0.25, 0.3) is 5.91 Å². The fourth-order valence-electron chi connectivity index (χ4n) is 2.55. The molecule has 0 unspecified atom stereocenters. The van der Waals surface area contributed by atoms with Crippen LogP contribution in [0.25, 0.3) is 5.82 Å². The zero-order chi connectivity index (χ0) is 17.1. The van der Waals surface area contributed by atoms with Crippen LogP contribution in [-0.4, -0.2) is 30.6 Å². The highest BCUT2D eigenvalue weighted by atomic mass is 16.1. The van der Waals surface area contributed by atoms with Crippen molar-refractivity contribution in [3.05, 3.63) is 59.6 Å². The molecule has 2 N–H and O–H groups in total. The molecule has 24 heavy (non-hydrogen) atoms. The number of rotatable bonds is 5. The second-order valence-corrected chi connectivity index (χ2v) is 5.63. The molecule has 0 spiro atoms. The van der Waals surface area contributed by atoms with Crippen LogP contribution in [-0.2, 0) is 0 Å². The van der Waals surface area contributed by atoms with Crippen molar-refractivity contribution in [1.29, 1.82) is 0 Å². The number of pyridine rings is 1. The number of imidazole rings is 1. The molecule has 3 aromatic rings. The molecule has 1 amide bonds. The van der Waals surface area contributed by atoms with E-state index in [4.69, 9.17) is 0 Å². The van der Waals surface area contributed by atoms with Crippen molar-refractivity contribution < 1.29 is 4.79 Å². The van der Waals surface area contributed by atoms with Crippen molar-refractivity contribution in [2.24, 2.45) is 0 Å². The highest BCUT2D eigenvalue weighted by Crippen LogP contribution is 2.16. The summed E-state index contributed by atoms with van der Waals surface area (Å²) in [6.07, 6.45) is 5.77. The number of aromatic amines is 1. The highest BCUT2D eigenvalue weighted by molar-refractivity contribution is 5.95. The molecule has 7 heteroatoms. The number of H-pyrrole nitrogens is 1. The fourth-order valence-corrected chi connectivity index (χ4v) is 2.55. The van der Waals surface area contributed by atoms with E-state index in [1.54, 1.807) is 23.3 Å². The third-order valence-corrected chi connectivity index (χ3v) is 3.89. The Kier molecular flexibility index (Phi) is 4.41. The predicted octanol–water partition coefficient (Wildman–Crippen LogP) is 2.49. The van der Waals surface area contributed by atoms with Gasteiger partial charge in [-0.1, -0.05) is 13.0 Å². The number of aryl methyl sites for hydroxylation is 1. The maximum Gasteiger partial charge on any atom is 0.255 e. The normalized spacial score (nSPS) is 12.1. The van der Waals surface area contributed by atoms with Gasteiger partial charge in [-0.15, -0.1) is 0 Å². The largest absolute Gasteiger partial charge is 0.344 e. The van der Waals surface area contributed by atoms with Crippen LogP contribution < -0.4 is 5.32 Å².